The first-order valence-corrected chi connectivity index (χ1v) is 10.4. The van der Waals surface area contributed by atoms with Gasteiger partial charge in [-0.1, -0.05) is 76.6 Å². The van der Waals surface area contributed by atoms with Crippen molar-refractivity contribution in [1.29, 1.82) is 0 Å². The lowest BCUT2D eigenvalue weighted by Crippen LogP contribution is -2.19. The van der Waals surface area contributed by atoms with Crippen molar-refractivity contribution in [1.82, 2.24) is 0 Å². The summed E-state index contributed by atoms with van der Waals surface area (Å²) in [6, 6.07) is 28.0. The van der Waals surface area contributed by atoms with Crippen molar-refractivity contribution in [3.05, 3.63) is 89.4 Å². The van der Waals surface area contributed by atoms with E-state index in [0.29, 0.717) is 0 Å². The number of rotatable bonds is 4. The van der Waals surface area contributed by atoms with Gasteiger partial charge in [-0.3, -0.25) is 0 Å². The number of hydrogen-bond acceptors (Lipinski definition) is 2. The SMILES string of the molecule is S=P(Oc1ccc(Br)cc1)(c1ccccc1)c1ccccc1. The average molecular weight is 389 g/mol. The Morgan fingerprint density at radius 1 is 0.682 bits per heavy atom. The first kappa shape index (κ1) is 15.5. The van der Waals surface area contributed by atoms with Gasteiger partial charge < -0.3 is 4.52 Å². The van der Waals surface area contributed by atoms with Gasteiger partial charge in [0.25, 0.3) is 0 Å². The summed E-state index contributed by atoms with van der Waals surface area (Å²) in [7, 11) is 0. The summed E-state index contributed by atoms with van der Waals surface area (Å²) in [6.45, 7) is 0. The largest absolute Gasteiger partial charge is 0.458 e. The molecule has 22 heavy (non-hydrogen) atoms. The highest BCUT2D eigenvalue weighted by molar-refractivity contribution is 9.10. The van der Waals surface area contributed by atoms with Gasteiger partial charge in [0.2, 0.25) is 0 Å². The molecule has 0 spiro atoms. The number of hydrogen-bond donors (Lipinski definition) is 0. The molecule has 0 aliphatic carbocycles. The Bertz CT molecular complexity index is 745. The first-order chi connectivity index (χ1) is 10.7. The van der Waals surface area contributed by atoms with Crippen LogP contribution in [0.1, 0.15) is 0 Å². The van der Waals surface area contributed by atoms with Crippen LogP contribution in [0.3, 0.4) is 0 Å². The van der Waals surface area contributed by atoms with E-state index in [2.05, 4.69) is 15.9 Å². The summed E-state index contributed by atoms with van der Waals surface area (Å²) < 4.78 is 7.36. The van der Waals surface area contributed by atoms with Gasteiger partial charge >= 0.3 is 0 Å². The molecule has 0 radical (unpaired) electrons. The summed E-state index contributed by atoms with van der Waals surface area (Å²) in [4.78, 5) is 0. The molecular formula is C18H14BrOPS. The highest BCUT2D eigenvalue weighted by atomic mass is 79.9. The standard InChI is InChI=1S/C18H14BrOPS/c19-15-11-13-16(14-12-15)20-21(22,17-7-3-1-4-8-17)18-9-5-2-6-10-18/h1-14H. The van der Waals surface area contributed by atoms with Crippen molar-refractivity contribution >= 4 is 44.6 Å². The van der Waals surface area contributed by atoms with Crippen LogP contribution >= 0.6 is 22.2 Å². The Balaban J connectivity index is 2.08. The van der Waals surface area contributed by atoms with E-state index in [0.717, 1.165) is 20.8 Å². The minimum absolute atomic E-state index is 0.791. The second-order valence-corrected chi connectivity index (χ2v) is 9.54. The van der Waals surface area contributed by atoms with Crippen LogP contribution in [-0.4, -0.2) is 0 Å². The molecule has 0 atom stereocenters. The fourth-order valence-corrected chi connectivity index (χ4v) is 5.46. The van der Waals surface area contributed by atoms with E-state index in [1.54, 1.807) is 0 Å². The van der Waals surface area contributed by atoms with Gasteiger partial charge in [-0.2, -0.15) is 0 Å². The van der Waals surface area contributed by atoms with E-state index in [9.17, 15) is 0 Å². The molecule has 0 saturated heterocycles. The Morgan fingerprint density at radius 2 is 1.14 bits per heavy atom. The maximum atomic E-state index is 6.33. The minimum atomic E-state index is -2.34. The van der Waals surface area contributed by atoms with Crippen LogP contribution in [0.4, 0.5) is 0 Å². The molecule has 1 nitrogen and oxygen atoms in total. The van der Waals surface area contributed by atoms with Gasteiger partial charge in [-0.25, -0.2) is 0 Å². The molecule has 0 N–H and O–H groups in total. The van der Waals surface area contributed by atoms with Crippen LogP contribution in [0, 0.1) is 0 Å². The maximum absolute atomic E-state index is 6.33. The maximum Gasteiger partial charge on any atom is 0.171 e. The minimum Gasteiger partial charge on any atom is -0.458 e. The molecule has 3 aromatic carbocycles. The van der Waals surface area contributed by atoms with Crippen LogP contribution in [-0.2, 0) is 11.8 Å². The topological polar surface area (TPSA) is 9.23 Å². The van der Waals surface area contributed by atoms with Crippen LogP contribution in [0.15, 0.2) is 89.4 Å². The predicted octanol–water partition coefficient (Wildman–Crippen LogP) is 4.87. The molecule has 0 amide bonds. The van der Waals surface area contributed by atoms with Crippen LogP contribution in [0.25, 0.3) is 0 Å². The summed E-state index contributed by atoms with van der Waals surface area (Å²) >= 11 is 9.47. The first-order valence-electron chi connectivity index (χ1n) is 6.85. The summed E-state index contributed by atoms with van der Waals surface area (Å²) in [6.07, 6.45) is -2.34. The van der Waals surface area contributed by atoms with Crippen molar-refractivity contribution in [2.24, 2.45) is 0 Å². The Hall–Kier alpha value is -1.41. The molecule has 4 heteroatoms. The third-order valence-corrected chi connectivity index (χ3v) is 7.68. The van der Waals surface area contributed by atoms with Crippen molar-refractivity contribution < 1.29 is 4.52 Å². The van der Waals surface area contributed by atoms with Crippen molar-refractivity contribution in [3.63, 3.8) is 0 Å². The molecule has 3 aromatic rings. The van der Waals surface area contributed by atoms with Gasteiger partial charge in [0.1, 0.15) is 5.75 Å². The molecule has 0 heterocycles. The molecule has 0 fully saturated rings. The van der Waals surface area contributed by atoms with E-state index in [4.69, 9.17) is 16.3 Å². The molecule has 0 unspecified atom stereocenters. The lowest BCUT2D eigenvalue weighted by molar-refractivity contribution is 0.627. The Labute approximate surface area is 144 Å². The summed E-state index contributed by atoms with van der Waals surface area (Å²) in [5.41, 5.74) is 0. The third kappa shape index (κ3) is 3.33. The van der Waals surface area contributed by atoms with Crippen LogP contribution < -0.4 is 15.1 Å². The van der Waals surface area contributed by atoms with Gasteiger partial charge in [-0.15, -0.1) is 0 Å². The lowest BCUT2D eigenvalue weighted by Gasteiger charge is -2.24. The number of halogens is 1. The molecule has 0 saturated carbocycles. The Morgan fingerprint density at radius 3 is 1.59 bits per heavy atom. The van der Waals surface area contributed by atoms with Crippen molar-refractivity contribution in [3.8, 4) is 5.75 Å². The van der Waals surface area contributed by atoms with E-state index in [1.165, 1.54) is 0 Å². The third-order valence-electron chi connectivity index (χ3n) is 3.24. The monoisotopic (exact) mass is 388 g/mol. The zero-order valence-corrected chi connectivity index (χ0v) is 15.0. The fourth-order valence-electron chi connectivity index (χ4n) is 2.15. The van der Waals surface area contributed by atoms with E-state index in [-0.39, 0.29) is 0 Å². The molecule has 0 bridgehead atoms. The highest BCUT2D eigenvalue weighted by Gasteiger charge is 2.24. The van der Waals surface area contributed by atoms with Gasteiger partial charge in [0.15, 0.2) is 6.26 Å². The van der Waals surface area contributed by atoms with Crippen molar-refractivity contribution in [2.45, 2.75) is 0 Å². The lowest BCUT2D eigenvalue weighted by atomic mass is 10.3. The molecule has 110 valence electrons. The second-order valence-electron chi connectivity index (χ2n) is 4.77. The van der Waals surface area contributed by atoms with Gasteiger partial charge in [0, 0.05) is 15.1 Å². The second kappa shape index (κ2) is 6.78. The van der Waals surface area contributed by atoms with Gasteiger partial charge in [-0.05, 0) is 36.1 Å². The quantitative estimate of drug-likeness (QED) is 0.589. The summed E-state index contributed by atoms with van der Waals surface area (Å²) in [5, 5.41) is 2.11. The zero-order chi connectivity index (χ0) is 15.4. The molecule has 0 aliphatic heterocycles. The zero-order valence-electron chi connectivity index (χ0n) is 11.7. The van der Waals surface area contributed by atoms with E-state index >= 15 is 0 Å². The molecule has 3 rings (SSSR count). The molecular weight excluding hydrogens is 375 g/mol. The average Bonchev–Trinajstić information content (AvgIpc) is 2.58. The van der Waals surface area contributed by atoms with E-state index < -0.39 is 6.26 Å². The molecule has 0 aromatic heterocycles. The Kier molecular flexibility index (Phi) is 4.77. The smallest absolute Gasteiger partial charge is 0.171 e. The molecule has 0 aliphatic rings. The van der Waals surface area contributed by atoms with Gasteiger partial charge in [0.05, 0.1) is 0 Å². The van der Waals surface area contributed by atoms with E-state index in [1.807, 2.05) is 84.9 Å². The fraction of sp³-hybridized carbons (Fsp3) is 0. The van der Waals surface area contributed by atoms with Crippen LogP contribution in [0.5, 0.6) is 5.75 Å². The summed E-state index contributed by atoms with van der Waals surface area (Å²) in [5.74, 6) is 0.791. The number of benzene rings is 3. The highest BCUT2D eigenvalue weighted by Crippen LogP contribution is 2.45. The van der Waals surface area contributed by atoms with Crippen molar-refractivity contribution in [2.75, 3.05) is 0 Å². The van der Waals surface area contributed by atoms with Crippen LogP contribution in [0.2, 0.25) is 0 Å². The normalized spacial score (nSPS) is 11.1. The predicted molar refractivity (Wildman–Crippen MR) is 101 cm³/mol.